The molecular weight excluding hydrogens is 330 g/mol. The standard InChI is InChI=1S/C20H29N3O3/c1-15-5-3-6-16(2)18(15)26-14-9-21-20(25)23-11-4-10-22(12-13-23)19(24)17-7-8-17/h3,5-6,17H,4,7-14H2,1-2H3,(H,21,25). The van der Waals surface area contributed by atoms with Gasteiger partial charge in [0.05, 0.1) is 6.54 Å². The van der Waals surface area contributed by atoms with Crippen molar-refractivity contribution in [3.63, 3.8) is 0 Å². The maximum Gasteiger partial charge on any atom is 0.317 e. The van der Waals surface area contributed by atoms with Crippen molar-refractivity contribution in [1.82, 2.24) is 15.1 Å². The zero-order chi connectivity index (χ0) is 18.5. The highest BCUT2D eigenvalue weighted by molar-refractivity contribution is 5.81. The molecular formula is C20H29N3O3. The van der Waals surface area contributed by atoms with Gasteiger partial charge >= 0.3 is 6.03 Å². The molecule has 0 aromatic heterocycles. The minimum absolute atomic E-state index is 0.0733. The number of hydrogen-bond acceptors (Lipinski definition) is 3. The lowest BCUT2D eigenvalue weighted by molar-refractivity contribution is -0.132. The van der Waals surface area contributed by atoms with E-state index in [2.05, 4.69) is 5.32 Å². The van der Waals surface area contributed by atoms with E-state index in [1.54, 1.807) is 4.90 Å². The van der Waals surface area contributed by atoms with Crippen LogP contribution in [-0.2, 0) is 4.79 Å². The molecule has 6 nitrogen and oxygen atoms in total. The Bertz CT molecular complexity index is 637. The smallest absolute Gasteiger partial charge is 0.317 e. The Hall–Kier alpha value is -2.24. The Morgan fingerprint density at radius 2 is 1.73 bits per heavy atom. The van der Waals surface area contributed by atoms with E-state index in [1.165, 1.54) is 0 Å². The summed E-state index contributed by atoms with van der Waals surface area (Å²) >= 11 is 0. The van der Waals surface area contributed by atoms with Gasteiger partial charge in [-0.25, -0.2) is 4.79 Å². The van der Waals surface area contributed by atoms with Crippen LogP contribution in [0, 0.1) is 19.8 Å². The number of nitrogens with zero attached hydrogens (tertiary/aromatic N) is 2. The van der Waals surface area contributed by atoms with Crippen LogP contribution in [-0.4, -0.2) is 61.1 Å². The second-order valence-corrected chi connectivity index (χ2v) is 7.24. The Morgan fingerprint density at radius 3 is 2.42 bits per heavy atom. The number of amides is 3. The molecule has 1 heterocycles. The molecule has 1 aromatic carbocycles. The molecule has 1 N–H and O–H groups in total. The van der Waals surface area contributed by atoms with Crippen LogP contribution in [0.5, 0.6) is 5.75 Å². The molecule has 2 aliphatic rings. The molecule has 3 amide bonds. The molecule has 1 saturated heterocycles. The number of nitrogens with one attached hydrogen (secondary N) is 1. The summed E-state index contributed by atoms with van der Waals surface area (Å²) in [7, 11) is 0. The summed E-state index contributed by atoms with van der Waals surface area (Å²) in [6, 6.07) is 5.98. The van der Waals surface area contributed by atoms with Crippen molar-refractivity contribution < 1.29 is 14.3 Å². The van der Waals surface area contributed by atoms with Gasteiger partial charge in [0, 0.05) is 32.1 Å². The number of hydrogen-bond donors (Lipinski definition) is 1. The number of ether oxygens (including phenoxy) is 1. The number of para-hydroxylation sites is 1. The molecule has 26 heavy (non-hydrogen) atoms. The summed E-state index contributed by atoms with van der Waals surface area (Å²) in [5.74, 6) is 1.41. The van der Waals surface area contributed by atoms with Gasteiger partial charge in [-0.05, 0) is 44.2 Å². The third kappa shape index (κ3) is 4.68. The van der Waals surface area contributed by atoms with Gasteiger partial charge in [-0.1, -0.05) is 18.2 Å². The zero-order valence-corrected chi connectivity index (χ0v) is 15.8. The molecule has 0 unspecified atom stereocenters. The first-order chi connectivity index (χ1) is 12.6. The van der Waals surface area contributed by atoms with Crippen LogP contribution in [0.15, 0.2) is 18.2 Å². The van der Waals surface area contributed by atoms with Crippen molar-refractivity contribution >= 4 is 11.9 Å². The van der Waals surface area contributed by atoms with Crippen LogP contribution in [0.2, 0.25) is 0 Å². The lowest BCUT2D eigenvalue weighted by atomic mass is 10.1. The van der Waals surface area contributed by atoms with Crippen molar-refractivity contribution in [2.24, 2.45) is 5.92 Å². The maximum atomic E-state index is 12.4. The number of carbonyl (C=O) groups excluding carboxylic acids is 2. The fourth-order valence-corrected chi connectivity index (χ4v) is 3.38. The Balaban J connectivity index is 1.40. The van der Waals surface area contributed by atoms with E-state index in [4.69, 9.17) is 4.74 Å². The van der Waals surface area contributed by atoms with Gasteiger partial charge in [0.25, 0.3) is 0 Å². The van der Waals surface area contributed by atoms with Gasteiger partial charge in [-0.2, -0.15) is 0 Å². The van der Waals surface area contributed by atoms with Gasteiger partial charge in [-0.15, -0.1) is 0 Å². The molecule has 0 bridgehead atoms. The van der Waals surface area contributed by atoms with Gasteiger partial charge in [0.1, 0.15) is 12.4 Å². The molecule has 2 fully saturated rings. The fraction of sp³-hybridized carbons (Fsp3) is 0.600. The van der Waals surface area contributed by atoms with Gasteiger partial charge in [-0.3, -0.25) is 4.79 Å². The monoisotopic (exact) mass is 359 g/mol. The van der Waals surface area contributed by atoms with Crippen molar-refractivity contribution in [3.8, 4) is 5.75 Å². The van der Waals surface area contributed by atoms with Crippen LogP contribution >= 0.6 is 0 Å². The van der Waals surface area contributed by atoms with E-state index in [1.807, 2.05) is 36.9 Å². The van der Waals surface area contributed by atoms with E-state index in [0.29, 0.717) is 32.8 Å². The second kappa shape index (κ2) is 8.43. The third-order valence-electron chi connectivity index (χ3n) is 5.05. The first-order valence-electron chi connectivity index (χ1n) is 9.57. The van der Waals surface area contributed by atoms with Crippen molar-refractivity contribution in [1.29, 1.82) is 0 Å². The average molecular weight is 359 g/mol. The zero-order valence-electron chi connectivity index (χ0n) is 15.8. The summed E-state index contributed by atoms with van der Waals surface area (Å²) in [5, 5.41) is 2.93. The number of carbonyl (C=O) groups is 2. The Morgan fingerprint density at radius 1 is 1.08 bits per heavy atom. The molecule has 0 atom stereocenters. The molecule has 1 aromatic rings. The molecule has 1 saturated carbocycles. The number of aryl methyl sites for hydroxylation is 2. The summed E-state index contributed by atoms with van der Waals surface area (Å²) in [4.78, 5) is 28.3. The van der Waals surface area contributed by atoms with Crippen LogP contribution in [0.1, 0.15) is 30.4 Å². The molecule has 0 spiro atoms. The summed E-state index contributed by atoms with van der Waals surface area (Å²) in [6.45, 7) is 7.64. The first-order valence-corrected chi connectivity index (χ1v) is 9.57. The predicted octanol–water partition coefficient (Wildman–Crippen LogP) is 2.34. The summed E-state index contributed by atoms with van der Waals surface area (Å²) in [5.41, 5.74) is 2.20. The number of rotatable bonds is 5. The SMILES string of the molecule is Cc1cccc(C)c1OCCNC(=O)N1CCCN(C(=O)C2CC2)CC1. The molecule has 3 rings (SSSR count). The minimum atomic E-state index is -0.0733. The number of urea groups is 1. The number of benzene rings is 1. The lowest BCUT2D eigenvalue weighted by Crippen LogP contribution is -2.43. The average Bonchev–Trinajstić information content (AvgIpc) is 3.46. The fourth-order valence-electron chi connectivity index (χ4n) is 3.38. The second-order valence-electron chi connectivity index (χ2n) is 7.24. The molecule has 6 heteroatoms. The van der Waals surface area contributed by atoms with Gasteiger partial charge in [0.2, 0.25) is 5.91 Å². The van der Waals surface area contributed by atoms with E-state index >= 15 is 0 Å². The Labute approximate surface area is 155 Å². The normalized spacial score (nSPS) is 17.6. The highest BCUT2D eigenvalue weighted by atomic mass is 16.5. The van der Waals surface area contributed by atoms with Crippen LogP contribution in [0.4, 0.5) is 4.79 Å². The summed E-state index contributed by atoms with van der Waals surface area (Å²) in [6.07, 6.45) is 2.89. The van der Waals surface area contributed by atoms with Gasteiger partial charge in [0.15, 0.2) is 0 Å². The Kier molecular flexibility index (Phi) is 6.01. The van der Waals surface area contributed by atoms with E-state index in [9.17, 15) is 9.59 Å². The lowest BCUT2D eigenvalue weighted by Gasteiger charge is -2.22. The molecule has 1 aliphatic carbocycles. The quantitative estimate of drug-likeness (QED) is 0.821. The van der Waals surface area contributed by atoms with Crippen molar-refractivity contribution in [2.75, 3.05) is 39.3 Å². The van der Waals surface area contributed by atoms with E-state index in [-0.39, 0.29) is 17.9 Å². The third-order valence-corrected chi connectivity index (χ3v) is 5.05. The highest BCUT2D eigenvalue weighted by Gasteiger charge is 2.34. The highest BCUT2D eigenvalue weighted by Crippen LogP contribution is 2.31. The van der Waals surface area contributed by atoms with Gasteiger partial charge < -0.3 is 19.9 Å². The molecule has 1 aliphatic heterocycles. The minimum Gasteiger partial charge on any atom is -0.491 e. The predicted molar refractivity (Wildman–Crippen MR) is 100 cm³/mol. The first kappa shape index (κ1) is 18.5. The molecule has 0 radical (unpaired) electrons. The van der Waals surface area contributed by atoms with Crippen LogP contribution < -0.4 is 10.1 Å². The van der Waals surface area contributed by atoms with E-state index < -0.39 is 0 Å². The van der Waals surface area contributed by atoms with Crippen LogP contribution in [0.25, 0.3) is 0 Å². The molecule has 142 valence electrons. The maximum absolute atomic E-state index is 12.4. The van der Waals surface area contributed by atoms with Crippen molar-refractivity contribution in [3.05, 3.63) is 29.3 Å². The van der Waals surface area contributed by atoms with Crippen molar-refractivity contribution in [2.45, 2.75) is 33.1 Å². The largest absolute Gasteiger partial charge is 0.491 e. The van der Waals surface area contributed by atoms with E-state index in [0.717, 1.165) is 42.7 Å². The van der Waals surface area contributed by atoms with Crippen LogP contribution in [0.3, 0.4) is 0 Å². The summed E-state index contributed by atoms with van der Waals surface area (Å²) < 4.78 is 5.83. The topological polar surface area (TPSA) is 61.9 Å².